The second-order valence-corrected chi connectivity index (χ2v) is 6.12. The van der Waals surface area contributed by atoms with Gasteiger partial charge in [-0.2, -0.15) is 0 Å². The number of phosphoric acid groups is 1. The summed E-state index contributed by atoms with van der Waals surface area (Å²) in [5.74, 6) is 0. The van der Waals surface area contributed by atoms with E-state index in [0.29, 0.717) is 6.42 Å². The smallest absolute Gasteiger partial charge is 0.394 e. The molecule has 0 aromatic heterocycles. The van der Waals surface area contributed by atoms with Crippen molar-refractivity contribution in [2.24, 2.45) is 0 Å². The first-order valence-electron chi connectivity index (χ1n) is 6.06. The molecule has 0 aliphatic rings. The zero-order valence-electron chi connectivity index (χ0n) is 12.7. The van der Waals surface area contributed by atoms with Crippen molar-refractivity contribution in [2.75, 3.05) is 40.9 Å². The molecule has 130 valence electrons. The molecule has 0 aliphatic heterocycles. The molecule has 9 nitrogen and oxygen atoms in total. The lowest BCUT2D eigenvalue weighted by molar-refractivity contribution is -0.870. The number of likely N-dealkylation sites (N-methyl/N-ethyl adjacent to an activating group) is 1. The summed E-state index contributed by atoms with van der Waals surface area (Å²) in [7, 11) is 1.52. The van der Waals surface area contributed by atoms with Crippen LogP contribution in [0.2, 0.25) is 0 Å². The van der Waals surface area contributed by atoms with Gasteiger partial charge >= 0.3 is 7.82 Å². The van der Waals surface area contributed by atoms with Crippen molar-refractivity contribution >= 4 is 7.82 Å². The predicted molar refractivity (Wildman–Crippen MR) is 78.2 cm³/mol. The molecule has 0 radical (unpaired) electrons. The minimum absolute atomic E-state index is 0.281. The third kappa shape index (κ3) is 38.3. The molecule has 0 spiro atoms. The zero-order chi connectivity index (χ0) is 17.7. The van der Waals surface area contributed by atoms with E-state index in [-0.39, 0.29) is 6.61 Å². The van der Waals surface area contributed by atoms with Crippen LogP contribution in [0, 0.1) is 0 Å². The molecule has 0 bridgehead atoms. The summed E-state index contributed by atoms with van der Waals surface area (Å²) in [6.07, 6.45) is -0.124. The van der Waals surface area contributed by atoms with Gasteiger partial charge in [0.1, 0.15) is 12.6 Å². The standard InChI is InChI=1S/C6H12O3.C5H14NO.H3O4P/c1-2-3-5(8)6(9)4-7;1-6(2,3)4-5-7;1-5(2,3)4/h2,5-9H,1,3-4H2;7H,4-5H2,1-3H3;(H3,1,2,3,4)/q;+1;. The van der Waals surface area contributed by atoms with Crippen molar-refractivity contribution in [1.29, 1.82) is 0 Å². The molecule has 21 heavy (non-hydrogen) atoms. The number of aliphatic hydroxyl groups excluding tert-OH is 4. The Morgan fingerprint density at radius 3 is 1.62 bits per heavy atom. The highest BCUT2D eigenvalue weighted by Crippen LogP contribution is 2.25. The van der Waals surface area contributed by atoms with Gasteiger partial charge in [-0.15, -0.1) is 6.58 Å². The average molecular weight is 334 g/mol. The highest BCUT2D eigenvalue weighted by molar-refractivity contribution is 7.45. The van der Waals surface area contributed by atoms with E-state index in [1.807, 2.05) is 0 Å². The molecule has 2 atom stereocenters. The fourth-order valence-electron chi connectivity index (χ4n) is 0.750. The number of nitrogens with zero attached hydrogens (tertiary/aromatic N) is 1. The minimum Gasteiger partial charge on any atom is -0.394 e. The fourth-order valence-corrected chi connectivity index (χ4v) is 0.750. The molecule has 0 heterocycles. The molecule has 10 heteroatoms. The average Bonchev–Trinajstić information content (AvgIpc) is 2.25. The van der Waals surface area contributed by atoms with Crippen molar-refractivity contribution < 1.29 is 44.2 Å². The normalized spacial score (nSPS) is 14.0. The van der Waals surface area contributed by atoms with Gasteiger partial charge in [0.05, 0.1) is 40.5 Å². The number of rotatable bonds is 6. The van der Waals surface area contributed by atoms with E-state index in [9.17, 15) is 0 Å². The van der Waals surface area contributed by atoms with E-state index >= 15 is 0 Å². The molecule has 7 N–H and O–H groups in total. The summed E-state index contributed by atoms with van der Waals surface area (Å²) in [5.41, 5.74) is 0. The van der Waals surface area contributed by atoms with E-state index in [0.717, 1.165) is 11.0 Å². The third-order valence-corrected chi connectivity index (χ3v) is 1.81. The zero-order valence-corrected chi connectivity index (χ0v) is 13.6. The van der Waals surface area contributed by atoms with E-state index in [4.69, 9.17) is 39.7 Å². The van der Waals surface area contributed by atoms with Gasteiger partial charge in [-0.25, -0.2) is 4.57 Å². The van der Waals surface area contributed by atoms with Crippen LogP contribution in [-0.2, 0) is 4.57 Å². The number of aliphatic hydroxyl groups is 4. The van der Waals surface area contributed by atoms with Crippen LogP contribution >= 0.6 is 7.82 Å². The Bertz CT molecular complexity index is 280. The van der Waals surface area contributed by atoms with E-state index in [1.165, 1.54) is 6.08 Å². The summed E-state index contributed by atoms with van der Waals surface area (Å²) in [6.45, 7) is 4.07. The Morgan fingerprint density at radius 1 is 1.10 bits per heavy atom. The van der Waals surface area contributed by atoms with Gasteiger partial charge in [0.25, 0.3) is 0 Å². The number of hydrogen-bond acceptors (Lipinski definition) is 5. The first kappa shape index (κ1) is 25.6. The molecule has 0 saturated carbocycles. The molecule has 0 amide bonds. The maximum atomic E-state index is 8.88. The van der Waals surface area contributed by atoms with Crippen LogP contribution in [0.15, 0.2) is 12.7 Å². The Labute approximate surface area is 125 Å². The van der Waals surface area contributed by atoms with Crippen molar-refractivity contribution in [3.63, 3.8) is 0 Å². The summed E-state index contributed by atoms with van der Waals surface area (Å²) >= 11 is 0. The van der Waals surface area contributed by atoms with Crippen molar-refractivity contribution in [3.05, 3.63) is 12.7 Å². The van der Waals surface area contributed by atoms with Crippen LogP contribution in [0.1, 0.15) is 6.42 Å². The summed E-state index contributed by atoms with van der Waals surface area (Å²) in [4.78, 5) is 21.6. The van der Waals surface area contributed by atoms with Crippen LogP contribution < -0.4 is 0 Å². The molecule has 0 aliphatic carbocycles. The van der Waals surface area contributed by atoms with Gasteiger partial charge in [0.15, 0.2) is 0 Å². The summed E-state index contributed by atoms with van der Waals surface area (Å²) < 4.78 is 9.73. The van der Waals surface area contributed by atoms with Gasteiger partial charge in [-0.05, 0) is 6.42 Å². The molecule has 0 rings (SSSR count). The highest BCUT2D eigenvalue weighted by atomic mass is 31.2. The quantitative estimate of drug-likeness (QED) is 0.167. The molecule has 0 saturated heterocycles. The van der Waals surface area contributed by atoms with Crippen molar-refractivity contribution in [3.8, 4) is 0 Å². The van der Waals surface area contributed by atoms with Crippen molar-refractivity contribution in [2.45, 2.75) is 18.6 Å². The second kappa shape index (κ2) is 13.3. The Morgan fingerprint density at radius 2 is 1.48 bits per heavy atom. The van der Waals surface area contributed by atoms with Crippen LogP contribution in [0.3, 0.4) is 0 Å². The maximum Gasteiger partial charge on any atom is 0.466 e. The monoisotopic (exact) mass is 334 g/mol. The Kier molecular flexibility index (Phi) is 16.2. The first-order chi connectivity index (χ1) is 9.28. The van der Waals surface area contributed by atoms with Gasteiger partial charge in [0, 0.05) is 0 Å². The predicted octanol–water partition coefficient (Wildman–Crippen LogP) is -1.97. The lowest BCUT2D eigenvalue weighted by Gasteiger charge is -2.21. The van der Waals surface area contributed by atoms with E-state index in [2.05, 4.69) is 27.7 Å². The molecular weight excluding hydrogens is 305 g/mol. The Balaban J connectivity index is -0.000000242. The molecule has 2 unspecified atom stereocenters. The van der Waals surface area contributed by atoms with Crippen LogP contribution in [0.25, 0.3) is 0 Å². The largest absolute Gasteiger partial charge is 0.466 e. The number of hydrogen-bond donors (Lipinski definition) is 7. The lowest BCUT2D eigenvalue weighted by atomic mass is 10.1. The fraction of sp³-hybridized carbons (Fsp3) is 0.818. The summed E-state index contributed by atoms with van der Waals surface area (Å²) in [5, 5.41) is 34.2. The summed E-state index contributed by atoms with van der Waals surface area (Å²) in [6, 6.07) is 0. The van der Waals surface area contributed by atoms with Gasteiger partial charge in [0.2, 0.25) is 0 Å². The topological polar surface area (TPSA) is 159 Å². The van der Waals surface area contributed by atoms with E-state index < -0.39 is 26.6 Å². The second-order valence-electron chi connectivity index (χ2n) is 5.09. The van der Waals surface area contributed by atoms with Crippen molar-refractivity contribution in [1.82, 2.24) is 0 Å². The lowest BCUT2D eigenvalue weighted by Crippen LogP contribution is -2.36. The Hall–Kier alpha value is -0.350. The molecular formula is C11H29NO8P+. The van der Waals surface area contributed by atoms with E-state index in [1.54, 1.807) is 0 Å². The molecule has 0 aromatic carbocycles. The van der Waals surface area contributed by atoms with Crippen LogP contribution in [0.4, 0.5) is 0 Å². The molecule has 0 aromatic rings. The maximum absolute atomic E-state index is 8.88. The van der Waals surface area contributed by atoms with Crippen LogP contribution in [-0.4, -0.2) is 92.7 Å². The van der Waals surface area contributed by atoms with Gasteiger partial charge in [-0.1, -0.05) is 6.08 Å². The van der Waals surface area contributed by atoms with Gasteiger partial charge < -0.3 is 39.6 Å². The highest BCUT2D eigenvalue weighted by Gasteiger charge is 2.11. The molecule has 0 fully saturated rings. The van der Waals surface area contributed by atoms with Crippen LogP contribution in [0.5, 0.6) is 0 Å². The SMILES string of the molecule is C=CCC(O)C(O)CO.C[N+](C)(C)CCO.O=P(O)(O)O. The number of quaternary nitrogens is 1. The third-order valence-electron chi connectivity index (χ3n) is 1.81. The minimum atomic E-state index is -4.64. The first-order valence-corrected chi connectivity index (χ1v) is 7.62. The van der Waals surface area contributed by atoms with Gasteiger partial charge in [-0.3, -0.25) is 0 Å².